The average Bonchev–Trinajstić information content (AvgIpc) is 2.92. The molecule has 0 radical (unpaired) electrons. The van der Waals surface area contributed by atoms with E-state index in [1.54, 1.807) is 44.2 Å². The van der Waals surface area contributed by atoms with Gasteiger partial charge in [-0.25, -0.2) is 0 Å². The second kappa shape index (κ2) is 17.1. The van der Waals surface area contributed by atoms with Gasteiger partial charge in [0.25, 0.3) is 11.6 Å². The molecule has 2 atom stereocenters. The molecular formula is C26H35ClN8O6. The number of anilines is 1. The minimum atomic E-state index is -1.02. The number of rotatable bonds is 14. The molecule has 0 aliphatic carbocycles. The highest BCUT2D eigenvalue weighted by Crippen LogP contribution is 2.16. The maximum absolute atomic E-state index is 12.9. The van der Waals surface area contributed by atoms with Gasteiger partial charge < -0.3 is 32.7 Å². The molecule has 14 nitrogen and oxygen atoms in total. The van der Waals surface area contributed by atoms with Crippen LogP contribution in [0.4, 0.5) is 11.4 Å². The van der Waals surface area contributed by atoms with Crippen LogP contribution in [0.25, 0.3) is 0 Å². The molecule has 0 bridgehead atoms. The summed E-state index contributed by atoms with van der Waals surface area (Å²) >= 11 is 0. The molecule has 2 aromatic carbocycles. The maximum Gasteiger partial charge on any atom is 0.269 e. The number of nitro benzene ring substituents is 1. The number of nitrogens with one attached hydrogen (secondary N) is 4. The van der Waals surface area contributed by atoms with E-state index in [2.05, 4.69) is 26.3 Å². The van der Waals surface area contributed by atoms with E-state index in [1.165, 1.54) is 24.3 Å². The number of benzene rings is 2. The zero-order valence-electron chi connectivity index (χ0n) is 22.7. The summed E-state index contributed by atoms with van der Waals surface area (Å²) in [6, 6.07) is 11.7. The third-order valence-corrected chi connectivity index (χ3v) is 5.64. The highest BCUT2D eigenvalue weighted by molar-refractivity contribution is 5.99. The Hall–Kier alpha value is -4.72. The number of halogens is 1. The molecule has 0 heterocycles. The molecule has 222 valence electrons. The van der Waals surface area contributed by atoms with Crippen LogP contribution in [-0.4, -0.2) is 59.7 Å². The Bertz CT molecular complexity index is 1220. The van der Waals surface area contributed by atoms with Crippen molar-refractivity contribution in [1.82, 2.24) is 16.0 Å². The Kier molecular flexibility index (Phi) is 14.3. The monoisotopic (exact) mass is 590 g/mol. The van der Waals surface area contributed by atoms with Crippen LogP contribution in [0.5, 0.6) is 0 Å². The number of nitrogens with two attached hydrogens (primary N) is 2. The predicted molar refractivity (Wildman–Crippen MR) is 156 cm³/mol. The minimum Gasteiger partial charge on any atom is -0.370 e. The van der Waals surface area contributed by atoms with E-state index in [4.69, 9.17) is 11.5 Å². The van der Waals surface area contributed by atoms with Crippen LogP contribution in [0.3, 0.4) is 0 Å². The van der Waals surface area contributed by atoms with Gasteiger partial charge in [0.1, 0.15) is 12.1 Å². The van der Waals surface area contributed by atoms with Crippen molar-refractivity contribution in [2.24, 2.45) is 22.4 Å². The molecule has 2 aromatic rings. The number of nitrogens with zero attached hydrogens (tertiary/aromatic N) is 2. The van der Waals surface area contributed by atoms with Crippen molar-refractivity contribution in [2.45, 2.75) is 38.8 Å². The van der Waals surface area contributed by atoms with Crippen LogP contribution >= 0.6 is 12.4 Å². The first-order valence-corrected chi connectivity index (χ1v) is 12.5. The maximum atomic E-state index is 12.9. The molecular weight excluding hydrogens is 556 g/mol. The molecule has 0 saturated carbocycles. The van der Waals surface area contributed by atoms with Crippen molar-refractivity contribution < 1.29 is 24.1 Å². The fourth-order valence-corrected chi connectivity index (χ4v) is 3.54. The lowest BCUT2D eigenvalue weighted by Gasteiger charge is -2.22. The Morgan fingerprint density at radius 3 is 2.15 bits per heavy atom. The minimum absolute atomic E-state index is 0. The van der Waals surface area contributed by atoms with Crippen molar-refractivity contribution in [3.8, 4) is 0 Å². The molecule has 41 heavy (non-hydrogen) atoms. The number of guanidine groups is 1. The van der Waals surface area contributed by atoms with E-state index in [0.717, 1.165) is 0 Å². The SMILES string of the molecule is CC(C)[C@H](NC(=O)c1ccccc1)C(=O)NCC(=O)N[C@@H](CCCN=C(N)N)C(=O)Nc1ccc([N+](=O)[O-])cc1.Cl. The van der Waals surface area contributed by atoms with Crippen molar-refractivity contribution in [3.63, 3.8) is 0 Å². The van der Waals surface area contributed by atoms with Gasteiger partial charge in [0.15, 0.2) is 5.96 Å². The number of amides is 4. The number of hydrogen-bond donors (Lipinski definition) is 6. The molecule has 15 heteroatoms. The first kappa shape index (κ1) is 34.3. The summed E-state index contributed by atoms with van der Waals surface area (Å²) < 4.78 is 0. The lowest BCUT2D eigenvalue weighted by atomic mass is 10.0. The fourth-order valence-electron chi connectivity index (χ4n) is 3.54. The summed E-state index contributed by atoms with van der Waals surface area (Å²) in [6.45, 7) is 3.28. The van der Waals surface area contributed by atoms with Crippen LogP contribution in [-0.2, 0) is 14.4 Å². The van der Waals surface area contributed by atoms with E-state index >= 15 is 0 Å². The predicted octanol–water partition coefficient (Wildman–Crippen LogP) is 1.06. The van der Waals surface area contributed by atoms with Crippen molar-refractivity contribution in [2.75, 3.05) is 18.4 Å². The smallest absolute Gasteiger partial charge is 0.269 e. The lowest BCUT2D eigenvalue weighted by molar-refractivity contribution is -0.384. The topological polar surface area (TPSA) is 224 Å². The first-order valence-electron chi connectivity index (χ1n) is 12.5. The quantitative estimate of drug-likeness (QED) is 0.0611. The Morgan fingerprint density at radius 2 is 1.59 bits per heavy atom. The first-order chi connectivity index (χ1) is 19.0. The van der Waals surface area contributed by atoms with Gasteiger partial charge in [-0.15, -0.1) is 12.4 Å². The van der Waals surface area contributed by atoms with Gasteiger partial charge in [-0.3, -0.25) is 34.3 Å². The van der Waals surface area contributed by atoms with Gasteiger partial charge in [0, 0.05) is 29.9 Å². The van der Waals surface area contributed by atoms with Crippen LogP contribution < -0.4 is 32.7 Å². The summed E-state index contributed by atoms with van der Waals surface area (Å²) in [5.74, 6) is -2.59. The number of carbonyl (C=O) groups is 4. The zero-order valence-corrected chi connectivity index (χ0v) is 23.5. The van der Waals surface area contributed by atoms with Crippen molar-refractivity contribution in [1.29, 1.82) is 0 Å². The Morgan fingerprint density at radius 1 is 0.951 bits per heavy atom. The second-order valence-electron chi connectivity index (χ2n) is 9.14. The number of aliphatic imine (C=N–C) groups is 1. The standard InChI is InChI=1S/C26H34N8O6.ClH/c1-16(2)22(33-23(36)17-7-4-3-5-8-17)25(38)30-15-21(35)32-20(9-6-14-29-26(27)28)24(37)31-18-10-12-19(13-11-18)34(39)40;/h3-5,7-8,10-13,16,20,22H,6,9,14-15H2,1-2H3,(H,30,38)(H,31,37)(H,32,35)(H,33,36)(H4,27,28,29);1H/t20-,22-;/m0./s1. The highest BCUT2D eigenvalue weighted by Gasteiger charge is 2.26. The third-order valence-electron chi connectivity index (χ3n) is 5.64. The molecule has 4 amide bonds. The van der Waals surface area contributed by atoms with Gasteiger partial charge in [0.05, 0.1) is 11.5 Å². The van der Waals surface area contributed by atoms with Crippen LogP contribution in [0, 0.1) is 16.0 Å². The third kappa shape index (κ3) is 11.9. The van der Waals surface area contributed by atoms with E-state index in [1.807, 2.05) is 0 Å². The van der Waals surface area contributed by atoms with E-state index in [0.29, 0.717) is 17.7 Å². The number of carbonyl (C=O) groups excluding carboxylic acids is 4. The van der Waals surface area contributed by atoms with Gasteiger partial charge in [0.2, 0.25) is 17.7 Å². The summed E-state index contributed by atoms with van der Waals surface area (Å²) in [7, 11) is 0. The average molecular weight is 591 g/mol. The number of nitro groups is 1. The molecule has 2 rings (SSSR count). The number of hydrogen-bond acceptors (Lipinski definition) is 7. The molecule has 0 aliphatic rings. The van der Waals surface area contributed by atoms with E-state index < -0.39 is 47.2 Å². The van der Waals surface area contributed by atoms with Crippen LogP contribution in [0.2, 0.25) is 0 Å². The van der Waals surface area contributed by atoms with E-state index in [9.17, 15) is 29.3 Å². The zero-order chi connectivity index (χ0) is 29.7. The van der Waals surface area contributed by atoms with Crippen molar-refractivity contribution >= 4 is 53.4 Å². The van der Waals surface area contributed by atoms with Crippen LogP contribution in [0.1, 0.15) is 37.0 Å². The highest BCUT2D eigenvalue weighted by atomic mass is 35.5. The van der Waals surface area contributed by atoms with Gasteiger partial charge in [-0.2, -0.15) is 0 Å². The van der Waals surface area contributed by atoms with Gasteiger partial charge >= 0.3 is 0 Å². The van der Waals surface area contributed by atoms with Gasteiger partial charge in [-0.1, -0.05) is 32.0 Å². The molecule has 0 saturated heterocycles. The second-order valence-corrected chi connectivity index (χ2v) is 9.14. The van der Waals surface area contributed by atoms with Crippen LogP contribution in [0.15, 0.2) is 59.6 Å². The molecule has 0 aliphatic heterocycles. The normalized spacial score (nSPS) is 11.7. The van der Waals surface area contributed by atoms with Gasteiger partial charge in [-0.05, 0) is 43.0 Å². The Labute approximate surface area is 243 Å². The molecule has 0 fully saturated rings. The summed E-state index contributed by atoms with van der Waals surface area (Å²) in [6.07, 6.45) is 0.515. The summed E-state index contributed by atoms with van der Waals surface area (Å²) in [5, 5.41) is 21.2. The largest absolute Gasteiger partial charge is 0.370 e. The number of non-ortho nitro benzene ring substituents is 1. The Balaban J connectivity index is 0.00000840. The van der Waals surface area contributed by atoms with Crippen molar-refractivity contribution in [3.05, 3.63) is 70.3 Å². The summed E-state index contributed by atoms with van der Waals surface area (Å²) in [4.78, 5) is 65.0. The fraction of sp³-hybridized carbons (Fsp3) is 0.346. The van der Waals surface area contributed by atoms with E-state index in [-0.39, 0.29) is 42.9 Å². The molecule has 0 unspecified atom stereocenters. The molecule has 0 spiro atoms. The molecule has 0 aromatic heterocycles. The summed E-state index contributed by atoms with van der Waals surface area (Å²) in [5.41, 5.74) is 11.2. The lowest BCUT2D eigenvalue weighted by Crippen LogP contribution is -2.53. The molecule has 8 N–H and O–H groups in total.